The van der Waals surface area contributed by atoms with Crippen molar-refractivity contribution < 1.29 is 8.42 Å². The molecule has 1 heterocycles. The molecule has 0 unspecified atom stereocenters. The van der Waals surface area contributed by atoms with Gasteiger partial charge in [0, 0.05) is 24.7 Å². The molecule has 0 aromatic carbocycles. The molecule has 0 amide bonds. The first-order valence-electron chi connectivity index (χ1n) is 7.74. The molecule has 6 nitrogen and oxygen atoms in total. The molecule has 0 radical (unpaired) electrons. The monoisotopic (exact) mass is 314 g/mol. The Labute approximate surface area is 127 Å². The molecule has 1 aliphatic carbocycles. The topological polar surface area (TPSA) is 86.9 Å². The van der Waals surface area contributed by atoms with Crippen LogP contribution in [-0.4, -0.2) is 31.2 Å². The van der Waals surface area contributed by atoms with E-state index in [1.807, 2.05) is 13.8 Å². The molecular formula is C14H26N4O2S. The van der Waals surface area contributed by atoms with E-state index in [4.69, 9.17) is 0 Å². The molecule has 0 saturated heterocycles. The minimum Gasteiger partial charge on any atom is -0.310 e. The fraction of sp³-hybridized carbons (Fsp3) is 0.786. The molecule has 21 heavy (non-hydrogen) atoms. The highest BCUT2D eigenvalue weighted by molar-refractivity contribution is 7.89. The van der Waals surface area contributed by atoms with Crippen LogP contribution in [0.5, 0.6) is 0 Å². The van der Waals surface area contributed by atoms with Crippen LogP contribution in [0.1, 0.15) is 51.5 Å². The van der Waals surface area contributed by atoms with Gasteiger partial charge in [-0.2, -0.15) is 5.10 Å². The van der Waals surface area contributed by atoms with E-state index in [2.05, 4.69) is 20.2 Å². The van der Waals surface area contributed by atoms with Gasteiger partial charge in [-0.3, -0.25) is 5.10 Å². The number of nitrogens with zero attached hydrogens (tertiary/aromatic N) is 1. The maximum absolute atomic E-state index is 12.4. The number of aromatic nitrogens is 2. The molecule has 1 aromatic rings. The highest BCUT2D eigenvalue weighted by atomic mass is 32.2. The molecule has 2 rings (SSSR count). The first kappa shape index (κ1) is 16.5. The first-order chi connectivity index (χ1) is 9.99. The maximum Gasteiger partial charge on any atom is 0.257 e. The Morgan fingerprint density at radius 3 is 2.71 bits per heavy atom. The van der Waals surface area contributed by atoms with Crippen LogP contribution < -0.4 is 10.0 Å². The Morgan fingerprint density at radius 2 is 2.05 bits per heavy atom. The van der Waals surface area contributed by atoms with E-state index in [1.54, 1.807) is 6.20 Å². The Morgan fingerprint density at radius 1 is 1.33 bits per heavy atom. The summed E-state index contributed by atoms with van der Waals surface area (Å²) >= 11 is 0. The van der Waals surface area contributed by atoms with E-state index < -0.39 is 10.0 Å². The van der Waals surface area contributed by atoms with Crippen LogP contribution in [0.2, 0.25) is 0 Å². The lowest BCUT2D eigenvalue weighted by molar-refractivity contribution is 0.357. The van der Waals surface area contributed by atoms with Gasteiger partial charge in [-0.05, 0) is 18.8 Å². The van der Waals surface area contributed by atoms with Crippen LogP contribution in [-0.2, 0) is 16.6 Å². The van der Waals surface area contributed by atoms with Gasteiger partial charge in [0.25, 0.3) is 10.0 Å². The summed E-state index contributed by atoms with van der Waals surface area (Å²) in [7, 11) is -3.50. The van der Waals surface area contributed by atoms with E-state index in [-0.39, 0.29) is 5.03 Å². The van der Waals surface area contributed by atoms with Gasteiger partial charge in [0.1, 0.15) is 0 Å². The number of rotatable bonds is 7. The van der Waals surface area contributed by atoms with Gasteiger partial charge in [-0.15, -0.1) is 0 Å². The van der Waals surface area contributed by atoms with Gasteiger partial charge in [-0.1, -0.05) is 33.1 Å². The van der Waals surface area contributed by atoms with Crippen molar-refractivity contribution in [2.45, 2.75) is 63.6 Å². The van der Waals surface area contributed by atoms with Crippen molar-refractivity contribution in [1.82, 2.24) is 20.2 Å². The summed E-state index contributed by atoms with van der Waals surface area (Å²) in [6.07, 6.45) is 7.50. The molecule has 0 aliphatic heterocycles. The lowest BCUT2D eigenvalue weighted by Crippen LogP contribution is -2.31. The molecule has 0 spiro atoms. The predicted octanol–water partition coefficient (Wildman–Crippen LogP) is 1.77. The standard InChI is InChI=1S/C14H26N4O2S/c1-11(2)15-9-13-10-16-18-14(13)21(19,20)17-8-12-6-4-3-5-7-12/h10-12,15,17H,3-9H2,1-2H3,(H,16,18). The molecule has 1 saturated carbocycles. The minimum atomic E-state index is -3.50. The summed E-state index contributed by atoms with van der Waals surface area (Å²) in [6.45, 7) is 5.07. The van der Waals surface area contributed by atoms with E-state index >= 15 is 0 Å². The minimum absolute atomic E-state index is 0.187. The fourth-order valence-corrected chi connectivity index (χ4v) is 3.91. The maximum atomic E-state index is 12.4. The predicted molar refractivity (Wildman–Crippen MR) is 82.3 cm³/mol. The Balaban J connectivity index is 1.96. The van der Waals surface area contributed by atoms with Crippen LogP contribution in [0.15, 0.2) is 11.2 Å². The quantitative estimate of drug-likeness (QED) is 0.716. The molecule has 7 heteroatoms. The third kappa shape index (κ3) is 4.79. The molecule has 120 valence electrons. The van der Waals surface area contributed by atoms with Crippen molar-refractivity contribution in [2.24, 2.45) is 5.92 Å². The van der Waals surface area contributed by atoms with Crippen molar-refractivity contribution >= 4 is 10.0 Å². The van der Waals surface area contributed by atoms with Crippen molar-refractivity contribution in [1.29, 1.82) is 0 Å². The molecule has 3 N–H and O–H groups in total. The van der Waals surface area contributed by atoms with Gasteiger partial charge in [0.05, 0.1) is 6.20 Å². The number of aromatic amines is 1. The number of H-pyrrole nitrogens is 1. The smallest absolute Gasteiger partial charge is 0.257 e. The van der Waals surface area contributed by atoms with Gasteiger partial charge in [-0.25, -0.2) is 13.1 Å². The summed E-state index contributed by atoms with van der Waals surface area (Å²) in [6, 6.07) is 0.297. The van der Waals surface area contributed by atoms with Gasteiger partial charge >= 0.3 is 0 Å². The Bertz CT molecular complexity index is 533. The van der Waals surface area contributed by atoms with Crippen LogP contribution in [0.3, 0.4) is 0 Å². The highest BCUT2D eigenvalue weighted by Gasteiger charge is 2.22. The van der Waals surface area contributed by atoms with Crippen LogP contribution in [0, 0.1) is 5.92 Å². The van der Waals surface area contributed by atoms with Gasteiger partial charge in [0.15, 0.2) is 5.03 Å². The average molecular weight is 314 g/mol. The summed E-state index contributed by atoms with van der Waals surface area (Å²) in [5.74, 6) is 0.466. The zero-order chi connectivity index (χ0) is 15.3. The molecule has 0 bridgehead atoms. The number of hydrogen-bond donors (Lipinski definition) is 3. The third-order valence-corrected chi connectivity index (χ3v) is 5.37. The van der Waals surface area contributed by atoms with Crippen LogP contribution in [0.4, 0.5) is 0 Å². The zero-order valence-corrected chi connectivity index (χ0v) is 13.7. The second kappa shape index (κ2) is 7.38. The third-order valence-electron chi connectivity index (χ3n) is 3.93. The van der Waals surface area contributed by atoms with Gasteiger partial charge in [0.2, 0.25) is 0 Å². The number of sulfonamides is 1. The highest BCUT2D eigenvalue weighted by Crippen LogP contribution is 2.23. The zero-order valence-electron chi connectivity index (χ0n) is 12.9. The number of nitrogens with one attached hydrogen (secondary N) is 3. The molecule has 1 aliphatic rings. The van der Waals surface area contributed by atoms with E-state index in [0.717, 1.165) is 12.8 Å². The van der Waals surface area contributed by atoms with Crippen molar-refractivity contribution in [2.75, 3.05) is 6.54 Å². The summed E-state index contributed by atoms with van der Waals surface area (Å²) < 4.78 is 27.5. The SMILES string of the molecule is CC(C)NCc1cn[nH]c1S(=O)(=O)NCC1CCCCC1. The molecule has 1 fully saturated rings. The summed E-state index contributed by atoms with van der Waals surface area (Å²) in [5, 5.41) is 9.89. The lowest BCUT2D eigenvalue weighted by Gasteiger charge is -2.21. The van der Waals surface area contributed by atoms with Crippen LogP contribution in [0.25, 0.3) is 0 Å². The van der Waals surface area contributed by atoms with Crippen LogP contribution >= 0.6 is 0 Å². The van der Waals surface area contributed by atoms with Crippen molar-refractivity contribution in [3.05, 3.63) is 11.8 Å². The first-order valence-corrected chi connectivity index (χ1v) is 9.22. The van der Waals surface area contributed by atoms with Crippen molar-refractivity contribution in [3.63, 3.8) is 0 Å². The largest absolute Gasteiger partial charge is 0.310 e. The fourth-order valence-electron chi connectivity index (χ4n) is 2.66. The van der Waals surface area contributed by atoms with Crippen molar-refractivity contribution in [3.8, 4) is 0 Å². The van der Waals surface area contributed by atoms with E-state index in [1.165, 1.54) is 19.3 Å². The lowest BCUT2D eigenvalue weighted by atomic mass is 9.90. The Hall–Kier alpha value is -0.920. The number of hydrogen-bond acceptors (Lipinski definition) is 4. The van der Waals surface area contributed by atoms with Gasteiger partial charge < -0.3 is 5.32 Å². The molecule has 0 atom stereocenters. The summed E-state index contributed by atoms with van der Waals surface area (Å²) in [4.78, 5) is 0. The van der Waals surface area contributed by atoms with E-state index in [0.29, 0.717) is 30.6 Å². The molecule has 1 aromatic heterocycles. The van der Waals surface area contributed by atoms with E-state index in [9.17, 15) is 8.42 Å². The Kier molecular flexibility index (Phi) is 5.78. The average Bonchev–Trinajstić information content (AvgIpc) is 2.93. The second-order valence-electron chi connectivity index (χ2n) is 6.12. The second-order valence-corrected chi connectivity index (χ2v) is 7.82. The normalized spacial score (nSPS) is 17.5. The summed E-state index contributed by atoms with van der Waals surface area (Å²) in [5.41, 5.74) is 0.680. The molecular weight excluding hydrogens is 288 g/mol.